The summed E-state index contributed by atoms with van der Waals surface area (Å²) in [6, 6.07) is 7.33. The molecule has 0 atom stereocenters. The maximum Gasteiger partial charge on any atom is 0.276 e. The molecule has 1 aromatic carbocycles. The van der Waals surface area contributed by atoms with Gasteiger partial charge in [-0.3, -0.25) is 9.59 Å². The Balaban J connectivity index is 2.10. The summed E-state index contributed by atoms with van der Waals surface area (Å²) in [5.74, 6) is -0.544. The number of rotatable bonds is 3. The van der Waals surface area contributed by atoms with Gasteiger partial charge in [-0.05, 0) is 12.1 Å². The standard InChI is InChI=1S/C15H18Cl3N3O2/c1-2-13(22)21-9-7-20(8-10-21)12-6-4-3-5-11(12)19-14(23)15(16,17)18/h3-6H,2,7-10H2,1H3,(H,19,23). The number of hydrogen-bond acceptors (Lipinski definition) is 3. The highest BCUT2D eigenvalue weighted by atomic mass is 35.6. The van der Waals surface area contributed by atoms with Crippen LogP contribution >= 0.6 is 34.8 Å². The lowest BCUT2D eigenvalue weighted by atomic mass is 10.2. The quantitative estimate of drug-likeness (QED) is 0.823. The highest BCUT2D eigenvalue weighted by Gasteiger charge is 2.31. The molecule has 0 aliphatic carbocycles. The molecule has 1 N–H and O–H groups in total. The highest BCUT2D eigenvalue weighted by Crippen LogP contribution is 2.31. The van der Waals surface area contributed by atoms with E-state index in [0.717, 1.165) is 5.69 Å². The smallest absolute Gasteiger partial charge is 0.276 e. The zero-order valence-electron chi connectivity index (χ0n) is 12.7. The van der Waals surface area contributed by atoms with E-state index in [1.807, 2.05) is 24.0 Å². The number of para-hydroxylation sites is 2. The molecular weight excluding hydrogens is 361 g/mol. The van der Waals surface area contributed by atoms with Gasteiger partial charge in [-0.25, -0.2) is 0 Å². The summed E-state index contributed by atoms with van der Waals surface area (Å²) in [5, 5.41) is 2.64. The third-order valence-electron chi connectivity index (χ3n) is 3.69. The van der Waals surface area contributed by atoms with Crippen LogP contribution in [0.3, 0.4) is 0 Å². The number of benzene rings is 1. The van der Waals surface area contributed by atoms with Gasteiger partial charge in [0, 0.05) is 32.6 Å². The lowest BCUT2D eigenvalue weighted by Gasteiger charge is -2.37. The van der Waals surface area contributed by atoms with E-state index in [1.54, 1.807) is 12.1 Å². The second-order valence-electron chi connectivity index (χ2n) is 5.19. The topological polar surface area (TPSA) is 52.7 Å². The number of halogens is 3. The van der Waals surface area contributed by atoms with Crippen LogP contribution in [-0.4, -0.2) is 46.7 Å². The van der Waals surface area contributed by atoms with Gasteiger partial charge in [-0.15, -0.1) is 0 Å². The van der Waals surface area contributed by atoms with Crippen molar-refractivity contribution in [1.29, 1.82) is 0 Å². The molecule has 1 aromatic rings. The van der Waals surface area contributed by atoms with Crippen molar-refractivity contribution < 1.29 is 9.59 Å². The van der Waals surface area contributed by atoms with Crippen LogP contribution in [0.15, 0.2) is 24.3 Å². The summed E-state index contributed by atoms with van der Waals surface area (Å²) in [6.07, 6.45) is 0.510. The number of alkyl halides is 3. The number of hydrogen-bond donors (Lipinski definition) is 1. The molecule has 2 amide bonds. The third-order valence-corrected chi connectivity index (χ3v) is 4.20. The maximum atomic E-state index is 11.9. The molecule has 0 radical (unpaired) electrons. The van der Waals surface area contributed by atoms with E-state index >= 15 is 0 Å². The van der Waals surface area contributed by atoms with E-state index in [2.05, 4.69) is 10.2 Å². The van der Waals surface area contributed by atoms with Crippen LogP contribution in [0.4, 0.5) is 11.4 Å². The summed E-state index contributed by atoms with van der Waals surface area (Å²) >= 11 is 16.8. The normalized spacial score (nSPS) is 15.5. The zero-order chi connectivity index (χ0) is 17.0. The highest BCUT2D eigenvalue weighted by molar-refractivity contribution is 6.76. The van der Waals surface area contributed by atoms with Crippen LogP contribution in [0.25, 0.3) is 0 Å². The van der Waals surface area contributed by atoms with Gasteiger partial charge < -0.3 is 15.1 Å². The van der Waals surface area contributed by atoms with Crippen molar-refractivity contribution in [2.24, 2.45) is 0 Å². The second kappa shape index (κ2) is 7.60. The Morgan fingerprint density at radius 1 is 1.13 bits per heavy atom. The van der Waals surface area contributed by atoms with Crippen LogP contribution in [0.5, 0.6) is 0 Å². The van der Waals surface area contributed by atoms with Crippen LogP contribution in [0.1, 0.15) is 13.3 Å². The largest absolute Gasteiger partial charge is 0.366 e. The first-order chi connectivity index (χ1) is 10.8. The number of nitrogens with one attached hydrogen (secondary N) is 1. The molecule has 1 heterocycles. The molecule has 0 saturated carbocycles. The van der Waals surface area contributed by atoms with Crippen molar-refractivity contribution in [3.8, 4) is 0 Å². The fourth-order valence-electron chi connectivity index (χ4n) is 2.47. The van der Waals surface area contributed by atoms with Gasteiger partial charge in [-0.1, -0.05) is 53.9 Å². The van der Waals surface area contributed by atoms with E-state index in [4.69, 9.17) is 34.8 Å². The van der Waals surface area contributed by atoms with Crippen LogP contribution in [0.2, 0.25) is 0 Å². The number of piperazine rings is 1. The molecule has 0 bridgehead atoms. The fraction of sp³-hybridized carbons (Fsp3) is 0.467. The van der Waals surface area contributed by atoms with Crippen LogP contribution in [-0.2, 0) is 9.59 Å². The van der Waals surface area contributed by atoms with Crippen molar-refractivity contribution in [1.82, 2.24) is 4.90 Å². The van der Waals surface area contributed by atoms with Crippen molar-refractivity contribution in [2.75, 3.05) is 36.4 Å². The molecule has 23 heavy (non-hydrogen) atoms. The Kier molecular flexibility index (Phi) is 6.00. The van der Waals surface area contributed by atoms with E-state index < -0.39 is 9.70 Å². The van der Waals surface area contributed by atoms with Gasteiger partial charge in [-0.2, -0.15) is 0 Å². The summed E-state index contributed by atoms with van der Waals surface area (Å²) < 4.78 is -2.01. The molecular formula is C15H18Cl3N3O2. The van der Waals surface area contributed by atoms with Crippen molar-refractivity contribution in [2.45, 2.75) is 17.1 Å². The van der Waals surface area contributed by atoms with E-state index in [9.17, 15) is 9.59 Å². The minimum Gasteiger partial charge on any atom is -0.366 e. The lowest BCUT2D eigenvalue weighted by molar-refractivity contribution is -0.131. The van der Waals surface area contributed by atoms with Gasteiger partial charge in [0.05, 0.1) is 11.4 Å². The first-order valence-corrected chi connectivity index (χ1v) is 8.46. The molecule has 5 nitrogen and oxygen atoms in total. The molecule has 0 unspecified atom stereocenters. The fourth-order valence-corrected chi connectivity index (χ4v) is 2.61. The van der Waals surface area contributed by atoms with Crippen molar-refractivity contribution in [3.05, 3.63) is 24.3 Å². The second-order valence-corrected chi connectivity index (χ2v) is 7.47. The number of carbonyl (C=O) groups is 2. The van der Waals surface area contributed by atoms with Crippen molar-refractivity contribution >= 4 is 58.0 Å². The van der Waals surface area contributed by atoms with Gasteiger partial charge in [0.1, 0.15) is 0 Å². The Morgan fingerprint density at radius 2 is 1.74 bits per heavy atom. The molecule has 0 aromatic heterocycles. The van der Waals surface area contributed by atoms with E-state index in [0.29, 0.717) is 38.3 Å². The summed E-state index contributed by atoms with van der Waals surface area (Å²) in [5.41, 5.74) is 1.43. The summed E-state index contributed by atoms with van der Waals surface area (Å²) in [6.45, 7) is 4.54. The molecule has 1 fully saturated rings. The Bertz CT molecular complexity index is 582. The molecule has 1 aliphatic rings. The molecule has 1 saturated heterocycles. The minimum atomic E-state index is -2.01. The number of carbonyl (C=O) groups excluding carboxylic acids is 2. The van der Waals surface area contributed by atoms with Gasteiger partial charge in [0.15, 0.2) is 0 Å². The average Bonchev–Trinajstić information content (AvgIpc) is 2.54. The average molecular weight is 379 g/mol. The Hall–Kier alpha value is -1.17. The Labute approximate surface area is 150 Å². The van der Waals surface area contributed by atoms with Gasteiger partial charge in [0.2, 0.25) is 5.91 Å². The van der Waals surface area contributed by atoms with Crippen LogP contribution in [0, 0.1) is 0 Å². The van der Waals surface area contributed by atoms with Gasteiger partial charge >= 0.3 is 0 Å². The first-order valence-electron chi connectivity index (χ1n) is 7.33. The SMILES string of the molecule is CCC(=O)N1CCN(c2ccccc2NC(=O)C(Cl)(Cl)Cl)CC1. The molecule has 8 heteroatoms. The summed E-state index contributed by atoms with van der Waals surface area (Å²) in [7, 11) is 0. The third kappa shape index (κ3) is 4.66. The lowest BCUT2D eigenvalue weighted by Crippen LogP contribution is -2.48. The van der Waals surface area contributed by atoms with E-state index in [1.165, 1.54) is 0 Å². The molecule has 2 rings (SSSR count). The number of amides is 2. The molecule has 126 valence electrons. The monoisotopic (exact) mass is 377 g/mol. The number of nitrogens with zero attached hydrogens (tertiary/aromatic N) is 2. The summed E-state index contributed by atoms with van der Waals surface area (Å²) in [4.78, 5) is 27.6. The first kappa shape index (κ1) is 18.2. The van der Waals surface area contributed by atoms with Crippen LogP contribution < -0.4 is 10.2 Å². The zero-order valence-corrected chi connectivity index (χ0v) is 15.0. The minimum absolute atomic E-state index is 0.155. The Morgan fingerprint density at radius 3 is 2.30 bits per heavy atom. The molecule has 0 spiro atoms. The predicted molar refractivity (Wildman–Crippen MR) is 94.4 cm³/mol. The predicted octanol–water partition coefficient (Wildman–Crippen LogP) is 3.05. The number of anilines is 2. The van der Waals surface area contributed by atoms with E-state index in [-0.39, 0.29) is 5.91 Å². The van der Waals surface area contributed by atoms with Crippen molar-refractivity contribution in [3.63, 3.8) is 0 Å². The molecule has 1 aliphatic heterocycles. The van der Waals surface area contributed by atoms with Gasteiger partial charge in [0.25, 0.3) is 9.70 Å². The maximum absolute atomic E-state index is 11.9.